The summed E-state index contributed by atoms with van der Waals surface area (Å²) in [6, 6.07) is 4.84. The highest BCUT2D eigenvalue weighted by Gasteiger charge is 2.33. The molecule has 1 aromatic rings. The van der Waals surface area contributed by atoms with Gasteiger partial charge in [0.2, 0.25) is 0 Å². The third kappa shape index (κ3) is 3.23. The fourth-order valence-electron chi connectivity index (χ4n) is 1.49. The summed E-state index contributed by atoms with van der Waals surface area (Å²) in [6.07, 6.45) is 0. The van der Waals surface area contributed by atoms with E-state index in [4.69, 9.17) is 0 Å². The largest absolute Gasteiger partial charge is 0.465 e. The highest BCUT2D eigenvalue weighted by Crippen LogP contribution is 2.13. The molecule has 5 heteroatoms. The van der Waals surface area contributed by atoms with Crippen LogP contribution in [0.4, 0.5) is 4.39 Å². The summed E-state index contributed by atoms with van der Waals surface area (Å²) in [5, 5.41) is 0. The maximum absolute atomic E-state index is 13.0. The van der Waals surface area contributed by atoms with E-state index in [2.05, 4.69) is 4.74 Å². The summed E-state index contributed by atoms with van der Waals surface area (Å²) in [6.45, 7) is 2.76. The van der Waals surface area contributed by atoms with Crippen molar-refractivity contribution in [2.24, 2.45) is 5.92 Å². The molecule has 1 unspecified atom stereocenters. The van der Waals surface area contributed by atoms with Gasteiger partial charge < -0.3 is 4.74 Å². The van der Waals surface area contributed by atoms with E-state index in [1.165, 1.54) is 18.2 Å². The molecule has 96 valence electrons. The molecular weight excluding hydrogens is 239 g/mol. The average Bonchev–Trinajstić information content (AvgIpc) is 2.28. The van der Waals surface area contributed by atoms with Gasteiger partial charge in [-0.2, -0.15) is 0 Å². The molecular formula is C13H13FO4. The van der Waals surface area contributed by atoms with Crippen molar-refractivity contribution in [2.45, 2.75) is 13.8 Å². The van der Waals surface area contributed by atoms with Crippen LogP contribution in [-0.2, 0) is 14.3 Å². The number of ketones is 2. The highest BCUT2D eigenvalue weighted by atomic mass is 19.1. The molecule has 0 aliphatic carbocycles. The second-order valence-electron chi connectivity index (χ2n) is 3.67. The second-order valence-corrected chi connectivity index (χ2v) is 3.67. The topological polar surface area (TPSA) is 60.4 Å². The first-order valence-electron chi connectivity index (χ1n) is 5.44. The van der Waals surface area contributed by atoms with Crippen LogP contribution in [0.5, 0.6) is 0 Å². The number of benzene rings is 1. The Bertz CT molecular complexity index is 482. The zero-order valence-corrected chi connectivity index (χ0v) is 10.1. The first kappa shape index (κ1) is 14.0. The quantitative estimate of drug-likeness (QED) is 0.455. The Labute approximate surface area is 104 Å². The second kappa shape index (κ2) is 6.05. The number of hydrogen-bond donors (Lipinski definition) is 0. The van der Waals surface area contributed by atoms with Gasteiger partial charge in [-0.25, -0.2) is 4.39 Å². The molecule has 18 heavy (non-hydrogen) atoms. The number of Topliss-reactive ketones (excluding diaryl/α,β-unsaturated/α-hetero) is 2. The molecule has 0 amide bonds. The lowest BCUT2D eigenvalue weighted by molar-refractivity contribution is -0.148. The number of halogens is 1. The molecule has 1 rings (SSSR count). The van der Waals surface area contributed by atoms with Crippen molar-refractivity contribution >= 4 is 17.5 Å². The van der Waals surface area contributed by atoms with E-state index in [9.17, 15) is 18.8 Å². The fourth-order valence-corrected chi connectivity index (χ4v) is 1.49. The van der Waals surface area contributed by atoms with Gasteiger partial charge in [0.05, 0.1) is 6.61 Å². The smallest absolute Gasteiger partial charge is 0.324 e. The van der Waals surface area contributed by atoms with Gasteiger partial charge in [-0.15, -0.1) is 0 Å². The van der Waals surface area contributed by atoms with Crippen molar-refractivity contribution in [3.05, 3.63) is 35.6 Å². The molecule has 0 saturated heterocycles. The molecule has 0 heterocycles. The monoisotopic (exact) mass is 252 g/mol. The predicted octanol–water partition coefficient (Wildman–Crippen LogP) is 1.78. The molecule has 0 spiro atoms. The summed E-state index contributed by atoms with van der Waals surface area (Å²) in [7, 11) is 0. The van der Waals surface area contributed by atoms with Gasteiger partial charge in [-0.05, 0) is 26.0 Å². The standard InChI is InChI=1S/C13H13FO4/c1-3-18-13(17)11(8(2)15)12(16)9-5-4-6-10(14)7-9/h4-7,11H,3H2,1-2H3. The number of carbonyl (C=O) groups is 3. The Morgan fingerprint density at radius 3 is 2.50 bits per heavy atom. The molecule has 0 aliphatic rings. The zero-order valence-electron chi connectivity index (χ0n) is 10.1. The van der Waals surface area contributed by atoms with Gasteiger partial charge in [-0.3, -0.25) is 14.4 Å². The number of rotatable bonds is 5. The summed E-state index contributed by atoms with van der Waals surface area (Å²) in [5.41, 5.74) is -0.0248. The van der Waals surface area contributed by atoms with E-state index in [0.29, 0.717) is 0 Å². The van der Waals surface area contributed by atoms with Gasteiger partial charge in [0.15, 0.2) is 17.5 Å². The fraction of sp³-hybridized carbons (Fsp3) is 0.308. The predicted molar refractivity (Wildman–Crippen MR) is 61.5 cm³/mol. The summed E-state index contributed by atoms with van der Waals surface area (Å²) in [4.78, 5) is 34.8. The van der Waals surface area contributed by atoms with Crippen LogP contribution >= 0.6 is 0 Å². The molecule has 1 atom stereocenters. The summed E-state index contributed by atoms with van der Waals surface area (Å²) in [5.74, 6) is -4.40. The maximum atomic E-state index is 13.0. The zero-order chi connectivity index (χ0) is 13.7. The molecule has 0 radical (unpaired) electrons. The van der Waals surface area contributed by atoms with Gasteiger partial charge in [0, 0.05) is 5.56 Å². The Morgan fingerprint density at radius 1 is 1.33 bits per heavy atom. The van der Waals surface area contributed by atoms with E-state index in [1.807, 2.05) is 0 Å². The van der Waals surface area contributed by atoms with Crippen LogP contribution in [0.25, 0.3) is 0 Å². The van der Waals surface area contributed by atoms with Crippen molar-refractivity contribution in [1.82, 2.24) is 0 Å². The normalized spacial score (nSPS) is 11.7. The van der Waals surface area contributed by atoms with E-state index < -0.39 is 29.3 Å². The lowest BCUT2D eigenvalue weighted by Crippen LogP contribution is -2.32. The van der Waals surface area contributed by atoms with Crippen molar-refractivity contribution in [2.75, 3.05) is 6.61 Å². The van der Waals surface area contributed by atoms with E-state index in [0.717, 1.165) is 13.0 Å². The van der Waals surface area contributed by atoms with E-state index in [-0.39, 0.29) is 12.2 Å². The molecule has 0 aliphatic heterocycles. The van der Waals surface area contributed by atoms with Gasteiger partial charge in [-0.1, -0.05) is 12.1 Å². The molecule has 0 bridgehead atoms. The minimum Gasteiger partial charge on any atom is -0.465 e. The van der Waals surface area contributed by atoms with E-state index >= 15 is 0 Å². The molecule has 1 aromatic carbocycles. The minimum atomic E-state index is -1.52. The number of carbonyl (C=O) groups excluding carboxylic acids is 3. The highest BCUT2D eigenvalue weighted by molar-refractivity contribution is 6.22. The lowest BCUT2D eigenvalue weighted by atomic mass is 9.94. The summed E-state index contributed by atoms with van der Waals surface area (Å²) >= 11 is 0. The van der Waals surface area contributed by atoms with Crippen LogP contribution in [0.2, 0.25) is 0 Å². The van der Waals surface area contributed by atoms with Crippen LogP contribution in [0.15, 0.2) is 24.3 Å². The van der Waals surface area contributed by atoms with Crippen molar-refractivity contribution in [3.8, 4) is 0 Å². The molecule has 0 aromatic heterocycles. The first-order chi connectivity index (χ1) is 8.47. The first-order valence-corrected chi connectivity index (χ1v) is 5.44. The Balaban J connectivity index is 3.04. The van der Waals surface area contributed by atoms with Crippen LogP contribution in [-0.4, -0.2) is 24.1 Å². The third-order valence-electron chi connectivity index (χ3n) is 2.30. The van der Waals surface area contributed by atoms with Gasteiger partial charge in [0.1, 0.15) is 5.82 Å². The maximum Gasteiger partial charge on any atom is 0.324 e. The van der Waals surface area contributed by atoms with Gasteiger partial charge >= 0.3 is 5.97 Å². The average molecular weight is 252 g/mol. The van der Waals surface area contributed by atoms with Crippen molar-refractivity contribution in [3.63, 3.8) is 0 Å². The Morgan fingerprint density at radius 2 is 2.00 bits per heavy atom. The van der Waals surface area contributed by atoms with Gasteiger partial charge in [0.25, 0.3) is 0 Å². The van der Waals surface area contributed by atoms with Crippen LogP contribution < -0.4 is 0 Å². The number of esters is 1. The minimum absolute atomic E-state index is 0.0248. The molecule has 0 N–H and O–H groups in total. The Kier molecular flexibility index (Phi) is 4.71. The van der Waals surface area contributed by atoms with E-state index in [1.54, 1.807) is 6.92 Å². The molecule has 4 nitrogen and oxygen atoms in total. The van der Waals surface area contributed by atoms with Crippen LogP contribution in [0.3, 0.4) is 0 Å². The van der Waals surface area contributed by atoms with Crippen molar-refractivity contribution < 1.29 is 23.5 Å². The molecule has 0 fully saturated rings. The van der Waals surface area contributed by atoms with Crippen LogP contribution in [0.1, 0.15) is 24.2 Å². The van der Waals surface area contributed by atoms with Crippen molar-refractivity contribution in [1.29, 1.82) is 0 Å². The number of ether oxygens (including phenoxy) is 1. The summed E-state index contributed by atoms with van der Waals surface area (Å²) < 4.78 is 17.7. The lowest BCUT2D eigenvalue weighted by Gasteiger charge is -2.11. The SMILES string of the molecule is CCOC(=O)C(C(C)=O)C(=O)c1cccc(F)c1. The van der Waals surface area contributed by atoms with Crippen LogP contribution in [0, 0.1) is 11.7 Å². The number of hydrogen-bond acceptors (Lipinski definition) is 4. The third-order valence-corrected chi connectivity index (χ3v) is 2.30. The Hall–Kier alpha value is -2.04. The molecule has 0 saturated carbocycles.